The van der Waals surface area contributed by atoms with Gasteiger partial charge < -0.3 is 15.1 Å². The van der Waals surface area contributed by atoms with Gasteiger partial charge in [0.15, 0.2) is 5.78 Å². The lowest BCUT2D eigenvalue weighted by Crippen LogP contribution is -2.18. The Morgan fingerprint density at radius 3 is 2.27 bits per heavy atom. The summed E-state index contributed by atoms with van der Waals surface area (Å²) < 4.78 is 6.65. The molecule has 0 aliphatic carbocycles. The van der Waals surface area contributed by atoms with Gasteiger partial charge in [0.1, 0.15) is 11.5 Å². The number of carbonyl (C=O) groups is 3. The molecular weight excluding hydrogens is 626 g/mol. The fourth-order valence-electron chi connectivity index (χ4n) is 4.33. The zero-order valence-electron chi connectivity index (χ0n) is 23.0. The van der Waals surface area contributed by atoms with Gasteiger partial charge in [-0.2, -0.15) is 0 Å². The number of furan rings is 1. The van der Waals surface area contributed by atoms with Crippen LogP contribution in [-0.2, 0) is 16.0 Å². The molecule has 44 heavy (non-hydrogen) atoms. The van der Waals surface area contributed by atoms with Crippen LogP contribution in [0.25, 0.3) is 17.4 Å². The summed E-state index contributed by atoms with van der Waals surface area (Å²) >= 11 is 3.38. The van der Waals surface area contributed by atoms with Crippen LogP contribution in [0.15, 0.2) is 124 Å². The lowest BCUT2D eigenvalue weighted by atomic mass is 10.0. The molecule has 0 saturated carbocycles. The Kier molecular flexibility index (Phi) is 9.22. The van der Waals surface area contributed by atoms with E-state index in [-0.39, 0.29) is 29.4 Å². The molecule has 1 heterocycles. The van der Waals surface area contributed by atoms with Crippen LogP contribution in [0.1, 0.15) is 27.2 Å². The lowest BCUT2D eigenvalue weighted by molar-refractivity contribution is -0.384. The number of halogens is 1. The first-order valence-corrected chi connectivity index (χ1v) is 14.2. The SMILES string of the molecule is O=C(/C=C/c1ccc(-c2ccc([N+](=O)[O-])cc2)o1)Nc1ccc(NC(=O)Cc2ccc(Br)cc2)c(C(=O)c2ccccc2)c1. The number of amides is 2. The Balaban J connectivity index is 1.30. The van der Waals surface area contributed by atoms with Crippen LogP contribution in [0, 0.1) is 10.1 Å². The molecule has 2 amide bonds. The van der Waals surface area contributed by atoms with Crippen LogP contribution >= 0.6 is 15.9 Å². The van der Waals surface area contributed by atoms with E-state index < -0.39 is 10.8 Å². The van der Waals surface area contributed by atoms with Gasteiger partial charge in [-0.15, -0.1) is 0 Å². The van der Waals surface area contributed by atoms with Gasteiger partial charge in [-0.05, 0) is 66.2 Å². The Morgan fingerprint density at radius 1 is 0.841 bits per heavy atom. The number of nitrogens with one attached hydrogen (secondary N) is 2. The van der Waals surface area contributed by atoms with Gasteiger partial charge in [0, 0.05) is 45.1 Å². The highest BCUT2D eigenvalue weighted by molar-refractivity contribution is 9.10. The third kappa shape index (κ3) is 7.61. The summed E-state index contributed by atoms with van der Waals surface area (Å²) in [4.78, 5) is 49.4. The van der Waals surface area contributed by atoms with Crippen molar-refractivity contribution in [3.8, 4) is 11.3 Å². The maximum Gasteiger partial charge on any atom is 0.269 e. The molecule has 5 aromatic rings. The topological polar surface area (TPSA) is 132 Å². The van der Waals surface area contributed by atoms with Crippen LogP contribution in [0.3, 0.4) is 0 Å². The van der Waals surface area contributed by atoms with Crippen LogP contribution in [0.5, 0.6) is 0 Å². The third-order valence-electron chi connectivity index (χ3n) is 6.51. The predicted molar refractivity (Wildman–Crippen MR) is 171 cm³/mol. The molecule has 2 N–H and O–H groups in total. The molecule has 0 radical (unpaired) electrons. The molecule has 0 bridgehead atoms. The van der Waals surface area contributed by atoms with Gasteiger partial charge in [0.05, 0.1) is 17.0 Å². The standard InChI is InChI=1S/C34H24BrN3O6/c35-25-10-6-22(7-11-25)20-33(40)37-30-17-12-26(21-29(30)34(41)24-4-2-1-3-5-24)36-32(39)19-16-28-15-18-31(44-28)23-8-13-27(14-9-23)38(42)43/h1-19,21H,20H2,(H,36,39)(H,37,40)/b19-16+. The minimum absolute atomic E-state index is 0.0261. The normalized spacial score (nSPS) is 10.8. The minimum atomic E-state index is -0.478. The molecule has 1 aromatic heterocycles. The number of nitro groups is 1. The van der Waals surface area contributed by atoms with Crippen molar-refractivity contribution in [2.24, 2.45) is 0 Å². The van der Waals surface area contributed by atoms with E-state index in [9.17, 15) is 24.5 Å². The fraction of sp³-hybridized carbons (Fsp3) is 0.0294. The second-order valence-corrected chi connectivity index (χ2v) is 10.6. The Hall–Kier alpha value is -5.61. The number of rotatable bonds is 10. The van der Waals surface area contributed by atoms with E-state index in [0.29, 0.717) is 34.0 Å². The number of nitro benzene ring substituents is 1. The van der Waals surface area contributed by atoms with E-state index >= 15 is 0 Å². The number of hydrogen-bond acceptors (Lipinski definition) is 6. The average Bonchev–Trinajstić information content (AvgIpc) is 3.51. The Morgan fingerprint density at radius 2 is 1.57 bits per heavy atom. The number of anilines is 2. The first-order chi connectivity index (χ1) is 21.2. The second kappa shape index (κ2) is 13.6. The Bertz CT molecular complexity index is 1860. The summed E-state index contributed by atoms with van der Waals surface area (Å²) in [5.74, 6) is -0.186. The van der Waals surface area contributed by atoms with Crippen LogP contribution in [-0.4, -0.2) is 22.5 Å². The van der Waals surface area contributed by atoms with E-state index in [1.165, 1.54) is 30.4 Å². The molecule has 0 spiro atoms. The van der Waals surface area contributed by atoms with Crippen LogP contribution in [0.2, 0.25) is 0 Å². The number of carbonyl (C=O) groups excluding carboxylic acids is 3. The molecule has 0 saturated heterocycles. The number of non-ortho nitro benzene ring substituents is 1. The van der Waals surface area contributed by atoms with E-state index in [2.05, 4.69) is 26.6 Å². The highest BCUT2D eigenvalue weighted by Crippen LogP contribution is 2.26. The highest BCUT2D eigenvalue weighted by Gasteiger charge is 2.17. The van der Waals surface area contributed by atoms with E-state index in [0.717, 1.165) is 10.0 Å². The molecule has 0 aliphatic heterocycles. The quantitative estimate of drug-likeness (QED) is 0.0690. The molecule has 218 valence electrons. The first-order valence-electron chi connectivity index (χ1n) is 13.4. The number of ketones is 1. The summed E-state index contributed by atoms with van der Waals surface area (Å²) in [7, 11) is 0. The number of nitrogens with zero attached hydrogens (tertiary/aromatic N) is 1. The van der Waals surface area contributed by atoms with E-state index in [1.807, 2.05) is 24.3 Å². The number of hydrogen-bond donors (Lipinski definition) is 2. The lowest BCUT2D eigenvalue weighted by Gasteiger charge is -2.13. The summed E-state index contributed by atoms with van der Waals surface area (Å²) in [6.07, 6.45) is 2.89. The van der Waals surface area contributed by atoms with Gasteiger partial charge in [-0.3, -0.25) is 24.5 Å². The third-order valence-corrected chi connectivity index (χ3v) is 7.04. The average molecular weight is 650 g/mol. The Labute approximate surface area is 260 Å². The molecule has 0 aliphatic rings. The van der Waals surface area contributed by atoms with Crippen molar-refractivity contribution < 1.29 is 23.7 Å². The van der Waals surface area contributed by atoms with Crippen molar-refractivity contribution in [2.45, 2.75) is 6.42 Å². The van der Waals surface area contributed by atoms with Crippen molar-refractivity contribution in [3.63, 3.8) is 0 Å². The van der Waals surface area contributed by atoms with Crippen LogP contribution in [0.4, 0.5) is 17.1 Å². The minimum Gasteiger partial charge on any atom is -0.457 e. The highest BCUT2D eigenvalue weighted by atomic mass is 79.9. The molecular formula is C34H24BrN3O6. The molecule has 5 rings (SSSR count). The first kappa shape index (κ1) is 29.9. The summed E-state index contributed by atoms with van der Waals surface area (Å²) in [6.45, 7) is 0. The van der Waals surface area contributed by atoms with Gasteiger partial charge in [0.25, 0.3) is 5.69 Å². The molecule has 9 nitrogen and oxygen atoms in total. The van der Waals surface area contributed by atoms with Crippen molar-refractivity contribution >= 4 is 56.7 Å². The second-order valence-electron chi connectivity index (χ2n) is 9.64. The summed E-state index contributed by atoms with van der Waals surface area (Å²) in [5.41, 5.74) is 2.77. The molecule has 0 atom stereocenters. The van der Waals surface area contributed by atoms with Crippen molar-refractivity contribution in [2.75, 3.05) is 10.6 Å². The summed E-state index contributed by atoms with van der Waals surface area (Å²) in [6, 6.07) is 30.0. The zero-order valence-corrected chi connectivity index (χ0v) is 24.6. The van der Waals surface area contributed by atoms with Gasteiger partial charge in [-0.25, -0.2) is 0 Å². The van der Waals surface area contributed by atoms with Gasteiger partial charge in [-0.1, -0.05) is 58.4 Å². The van der Waals surface area contributed by atoms with Crippen molar-refractivity contribution in [1.82, 2.24) is 0 Å². The molecule has 10 heteroatoms. The number of benzene rings is 4. The summed E-state index contributed by atoms with van der Waals surface area (Å²) in [5, 5.41) is 16.5. The van der Waals surface area contributed by atoms with Crippen molar-refractivity contribution in [3.05, 3.63) is 152 Å². The predicted octanol–water partition coefficient (Wildman–Crippen LogP) is 7.68. The van der Waals surface area contributed by atoms with Crippen molar-refractivity contribution in [1.29, 1.82) is 0 Å². The largest absolute Gasteiger partial charge is 0.457 e. The van der Waals surface area contributed by atoms with Gasteiger partial charge in [0.2, 0.25) is 11.8 Å². The van der Waals surface area contributed by atoms with E-state index in [1.54, 1.807) is 66.7 Å². The smallest absolute Gasteiger partial charge is 0.269 e. The fourth-order valence-corrected chi connectivity index (χ4v) is 4.60. The maximum absolute atomic E-state index is 13.4. The molecule has 0 unspecified atom stereocenters. The monoisotopic (exact) mass is 649 g/mol. The van der Waals surface area contributed by atoms with Crippen LogP contribution < -0.4 is 10.6 Å². The zero-order chi connectivity index (χ0) is 31.1. The van der Waals surface area contributed by atoms with E-state index in [4.69, 9.17) is 4.42 Å². The molecule has 4 aromatic carbocycles. The maximum atomic E-state index is 13.4. The van der Waals surface area contributed by atoms with Gasteiger partial charge >= 0.3 is 0 Å². The molecule has 0 fully saturated rings.